The van der Waals surface area contributed by atoms with Crippen molar-refractivity contribution < 1.29 is 9.53 Å². The molecule has 0 unspecified atom stereocenters. The predicted molar refractivity (Wildman–Crippen MR) is 113 cm³/mol. The number of carbonyl (C=O) groups excluding carboxylic acids is 1. The Morgan fingerprint density at radius 2 is 1.75 bits per heavy atom. The van der Waals surface area contributed by atoms with E-state index in [0.29, 0.717) is 11.3 Å². The maximum atomic E-state index is 13.1. The number of fused-ring (bicyclic) bond motifs is 1. The number of H-pyrrole nitrogens is 1. The number of aryl methyl sites for hydroxylation is 1. The van der Waals surface area contributed by atoms with Crippen molar-refractivity contribution in [3.63, 3.8) is 0 Å². The smallest absolute Gasteiger partial charge is 0.253 e. The first-order chi connectivity index (χ1) is 13.2. The van der Waals surface area contributed by atoms with Gasteiger partial charge in [0, 0.05) is 22.2 Å². The number of nitrogens with zero attached hydrogens (tertiary/aromatic N) is 1. The van der Waals surface area contributed by atoms with Gasteiger partial charge in [0.15, 0.2) is 0 Å². The van der Waals surface area contributed by atoms with Crippen LogP contribution in [-0.2, 0) is 11.3 Å². The van der Waals surface area contributed by atoms with E-state index in [4.69, 9.17) is 4.74 Å². The fraction of sp³-hybridized carbons (Fsp3) is 0.304. The van der Waals surface area contributed by atoms with Crippen LogP contribution in [0.25, 0.3) is 10.9 Å². The molecule has 28 heavy (non-hydrogen) atoms. The number of pyridine rings is 1. The average molecular weight is 378 g/mol. The van der Waals surface area contributed by atoms with Gasteiger partial charge in [-0.3, -0.25) is 9.59 Å². The summed E-state index contributed by atoms with van der Waals surface area (Å²) in [7, 11) is 1.60. The second kappa shape index (κ2) is 7.50. The number of ether oxygens (including phenoxy) is 1. The Hall–Kier alpha value is -3.08. The van der Waals surface area contributed by atoms with Crippen molar-refractivity contribution in [2.75, 3.05) is 12.0 Å². The molecule has 5 nitrogen and oxygen atoms in total. The van der Waals surface area contributed by atoms with Crippen LogP contribution in [0.5, 0.6) is 5.75 Å². The molecule has 0 aliphatic carbocycles. The summed E-state index contributed by atoms with van der Waals surface area (Å²) in [5, 5.41) is 0.951. The summed E-state index contributed by atoms with van der Waals surface area (Å²) in [5.74, 6) is 0.660. The van der Waals surface area contributed by atoms with Crippen LogP contribution in [0.2, 0.25) is 0 Å². The van der Waals surface area contributed by atoms with E-state index < -0.39 is 5.41 Å². The molecule has 0 bridgehead atoms. The molecule has 0 fully saturated rings. The third-order valence-corrected chi connectivity index (χ3v) is 4.68. The first kappa shape index (κ1) is 19.7. The monoisotopic (exact) mass is 378 g/mol. The lowest BCUT2D eigenvalue weighted by Crippen LogP contribution is -2.40. The topological polar surface area (TPSA) is 62.4 Å². The number of nitrogens with one attached hydrogen (secondary N) is 1. The molecular formula is C23H26N2O3. The Kier molecular flexibility index (Phi) is 5.27. The van der Waals surface area contributed by atoms with E-state index in [1.165, 1.54) is 0 Å². The number of anilines is 1. The number of rotatable bonds is 4. The minimum Gasteiger partial charge on any atom is -0.497 e. The van der Waals surface area contributed by atoms with E-state index in [9.17, 15) is 9.59 Å². The fourth-order valence-electron chi connectivity index (χ4n) is 3.11. The molecule has 1 heterocycles. The number of aromatic amines is 1. The number of hydrogen-bond donors (Lipinski definition) is 1. The van der Waals surface area contributed by atoms with Crippen LogP contribution in [0, 0.1) is 12.3 Å². The van der Waals surface area contributed by atoms with Gasteiger partial charge < -0.3 is 14.6 Å². The van der Waals surface area contributed by atoms with Crippen LogP contribution in [0.4, 0.5) is 5.69 Å². The number of methoxy groups -OCH3 is 1. The van der Waals surface area contributed by atoms with Crippen molar-refractivity contribution in [3.8, 4) is 5.75 Å². The summed E-state index contributed by atoms with van der Waals surface area (Å²) in [6, 6.07) is 15.1. The minimum atomic E-state index is -0.583. The van der Waals surface area contributed by atoms with Crippen molar-refractivity contribution in [1.29, 1.82) is 0 Å². The highest BCUT2D eigenvalue weighted by atomic mass is 16.5. The molecule has 2 aromatic carbocycles. The zero-order valence-electron chi connectivity index (χ0n) is 17.0. The number of aromatic nitrogens is 1. The van der Waals surface area contributed by atoms with Gasteiger partial charge >= 0.3 is 0 Å². The van der Waals surface area contributed by atoms with Crippen molar-refractivity contribution in [2.24, 2.45) is 5.41 Å². The second-order valence-corrected chi connectivity index (χ2v) is 8.05. The molecule has 0 saturated heterocycles. The second-order valence-electron chi connectivity index (χ2n) is 8.05. The Labute approximate surface area is 165 Å². The third kappa shape index (κ3) is 4.09. The Balaban J connectivity index is 2.06. The van der Waals surface area contributed by atoms with Gasteiger partial charge in [-0.25, -0.2) is 0 Å². The van der Waals surface area contributed by atoms with E-state index in [-0.39, 0.29) is 18.0 Å². The molecule has 1 N–H and O–H groups in total. The predicted octanol–water partition coefficient (Wildman–Crippen LogP) is 4.42. The molecule has 0 aliphatic rings. The summed E-state index contributed by atoms with van der Waals surface area (Å²) < 4.78 is 5.22. The zero-order valence-corrected chi connectivity index (χ0v) is 17.0. The molecule has 0 atom stereocenters. The van der Waals surface area contributed by atoms with Gasteiger partial charge in [0.25, 0.3) is 5.56 Å². The number of benzene rings is 2. The van der Waals surface area contributed by atoms with Crippen molar-refractivity contribution in [1.82, 2.24) is 4.98 Å². The molecule has 0 saturated carbocycles. The van der Waals surface area contributed by atoms with Gasteiger partial charge in [-0.1, -0.05) is 32.4 Å². The molecule has 5 heteroatoms. The summed E-state index contributed by atoms with van der Waals surface area (Å²) in [5.41, 5.74) is 2.41. The molecule has 1 amide bonds. The van der Waals surface area contributed by atoms with Crippen LogP contribution < -0.4 is 15.2 Å². The van der Waals surface area contributed by atoms with E-state index in [0.717, 1.165) is 22.2 Å². The van der Waals surface area contributed by atoms with Crippen LogP contribution in [-0.4, -0.2) is 18.0 Å². The molecule has 0 radical (unpaired) electrons. The zero-order chi connectivity index (χ0) is 20.5. The number of carbonyl (C=O) groups is 1. The van der Waals surface area contributed by atoms with Crippen molar-refractivity contribution in [2.45, 2.75) is 34.2 Å². The molecule has 3 rings (SSSR count). The molecule has 146 valence electrons. The van der Waals surface area contributed by atoms with Gasteiger partial charge in [0.2, 0.25) is 5.91 Å². The summed E-state index contributed by atoms with van der Waals surface area (Å²) in [4.78, 5) is 30.4. The van der Waals surface area contributed by atoms with Crippen molar-refractivity contribution >= 4 is 22.5 Å². The highest BCUT2D eigenvalue weighted by Gasteiger charge is 2.29. The first-order valence-electron chi connectivity index (χ1n) is 9.27. The van der Waals surface area contributed by atoms with Crippen LogP contribution >= 0.6 is 0 Å². The Morgan fingerprint density at radius 1 is 1.07 bits per heavy atom. The quantitative estimate of drug-likeness (QED) is 0.731. The normalized spacial score (nSPS) is 11.5. The largest absolute Gasteiger partial charge is 0.497 e. The van der Waals surface area contributed by atoms with E-state index in [1.807, 2.05) is 76.2 Å². The van der Waals surface area contributed by atoms with E-state index in [2.05, 4.69) is 4.98 Å². The fourth-order valence-corrected chi connectivity index (χ4v) is 3.11. The lowest BCUT2D eigenvalue weighted by atomic mass is 9.94. The van der Waals surface area contributed by atoms with E-state index in [1.54, 1.807) is 12.0 Å². The Morgan fingerprint density at radius 3 is 2.36 bits per heavy atom. The SMILES string of the molecule is COc1ccc(N(Cc2cc3cc(C)ccc3[nH]c2=O)C(=O)C(C)(C)C)cc1. The highest BCUT2D eigenvalue weighted by Crippen LogP contribution is 2.27. The van der Waals surface area contributed by atoms with Crippen LogP contribution in [0.1, 0.15) is 31.9 Å². The first-order valence-corrected chi connectivity index (χ1v) is 9.27. The summed E-state index contributed by atoms with van der Waals surface area (Å²) in [6.07, 6.45) is 0. The third-order valence-electron chi connectivity index (χ3n) is 4.68. The van der Waals surface area contributed by atoms with Gasteiger partial charge in [-0.2, -0.15) is 0 Å². The van der Waals surface area contributed by atoms with E-state index >= 15 is 0 Å². The lowest BCUT2D eigenvalue weighted by molar-refractivity contribution is -0.125. The average Bonchev–Trinajstić information content (AvgIpc) is 2.65. The maximum Gasteiger partial charge on any atom is 0.253 e. The van der Waals surface area contributed by atoms with Gasteiger partial charge in [0.05, 0.1) is 13.7 Å². The number of hydrogen-bond acceptors (Lipinski definition) is 3. The van der Waals surface area contributed by atoms with Gasteiger partial charge in [-0.05, 0) is 54.8 Å². The van der Waals surface area contributed by atoms with Crippen LogP contribution in [0.15, 0.2) is 53.3 Å². The van der Waals surface area contributed by atoms with Crippen LogP contribution in [0.3, 0.4) is 0 Å². The summed E-state index contributed by atoms with van der Waals surface area (Å²) >= 11 is 0. The molecule has 3 aromatic rings. The Bertz CT molecular complexity index is 1060. The molecule has 0 aliphatic heterocycles. The minimum absolute atomic E-state index is 0.0543. The highest BCUT2D eigenvalue weighted by molar-refractivity contribution is 5.97. The van der Waals surface area contributed by atoms with Crippen molar-refractivity contribution in [3.05, 3.63) is 70.0 Å². The van der Waals surface area contributed by atoms with Gasteiger partial charge in [-0.15, -0.1) is 0 Å². The summed E-state index contributed by atoms with van der Waals surface area (Å²) in [6.45, 7) is 7.83. The molecular weight excluding hydrogens is 352 g/mol. The number of amides is 1. The molecule has 0 spiro atoms. The maximum absolute atomic E-state index is 13.1. The lowest BCUT2D eigenvalue weighted by Gasteiger charge is -2.29. The standard InChI is InChI=1S/C23H26N2O3/c1-15-6-11-20-16(12-15)13-17(21(26)24-20)14-25(22(27)23(2,3)4)18-7-9-19(28-5)10-8-18/h6-13H,14H2,1-5H3,(H,24,26). The molecule has 1 aromatic heterocycles. The van der Waals surface area contributed by atoms with Gasteiger partial charge in [0.1, 0.15) is 5.75 Å².